The summed E-state index contributed by atoms with van der Waals surface area (Å²) in [6.45, 7) is 13.1. The summed E-state index contributed by atoms with van der Waals surface area (Å²) in [5.41, 5.74) is -0.133. The Hall–Kier alpha value is -4.64. The summed E-state index contributed by atoms with van der Waals surface area (Å²) < 4.78 is 52.1. The standard InChI is InChI=1S/C26H38N2O6S.C22H35N5O3/c1-19-13-15-22(16-14-19)35(30,31)32-18-23-27-25(34-28-23)21(17-24(29)33-26(2,3)4)12-8-11-20-9-6-5-7-10-20;1-22(2,3)29-20(28)14-17(11-7-10-16-8-5-4-6-9-16)21-25-19(27-30-21)15-23-18-12-13-24-26-18/h13-16,20-21H,5-12,17-18H2,1-4H3;12-13,16-17H,4-11,14-15H2,1-3H3,(H2,23,24,26)/t21-;17-/m11/s1. The Morgan fingerprint density at radius 1 is 0.738 bits per heavy atom. The molecule has 16 nitrogen and oxygen atoms in total. The number of aromatic nitrogens is 6. The molecule has 2 atom stereocenters. The van der Waals surface area contributed by atoms with Crippen molar-refractivity contribution in [2.45, 2.75) is 205 Å². The number of H-pyrrole nitrogens is 1. The summed E-state index contributed by atoms with van der Waals surface area (Å²) in [5, 5.41) is 17.9. The number of rotatable bonds is 21. The van der Waals surface area contributed by atoms with Crippen molar-refractivity contribution in [3.05, 3.63) is 65.5 Å². The van der Waals surface area contributed by atoms with Crippen molar-refractivity contribution >= 4 is 27.9 Å². The smallest absolute Gasteiger partial charge is 0.307 e. The van der Waals surface area contributed by atoms with Crippen molar-refractivity contribution in [2.75, 3.05) is 5.32 Å². The van der Waals surface area contributed by atoms with Gasteiger partial charge in [-0.25, -0.2) is 0 Å². The van der Waals surface area contributed by atoms with Gasteiger partial charge in [-0.3, -0.25) is 18.9 Å². The van der Waals surface area contributed by atoms with E-state index in [0.717, 1.165) is 55.3 Å². The van der Waals surface area contributed by atoms with Crippen LogP contribution in [0.4, 0.5) is 5.82 Å². The molecule has 0 spiro atoms. The third kappa shape index (κ3) is 19.0. The van der Waals surface area contributed by atoms with Gasteiger partial charge in [0, 0.05) is 11.8 Å². The Labute approximate surface area is 385 Å². The molecule has 65 heavy (non-hydrogen) atoms. The molecule has 1 aromatic carbocycles. The lowest BCUT2D eigenvalue weighted by Crippen LogP contribution is -2.25. The van der Waals surface area contributed by atoms with E-state index >= 15 is 0 Å². The fourth-order valence-corrected chi connectivity index (χ4v) is 9.35. The van der Waals surface area contributed by atoms with Crippen LogP contribution >= 0.6 is 0 Å². The zero-order valence-corrected chi connectivity index (χ0v) is 40.6. The van der Waals surface area contributed by atoms with Gasteiger partial charge >= 0.3 is 11.9 Å². The maximum atomic E-state index is 12.5. The quantitative estimate of drug-likeness (QED) is 0.0587. The van der Waals surface area contributed by atoms with Crippen LogP contribution in [-0.4, -0.2) is 62.0 Å². The highest BCUT2D eigenvalue weighted by Gasteiger charge is 2.29. The summed E-state index contributed by atoms with van der Waals surface area (Å²) in [4.78, 5) is 34.0. The maximum absolute atomic E-state index is 12.5. The molecule has 2 N–H and O–H groups in total. The Kier molecular flexibility index (Phi) is 19.6. The number of hydrogen-bond acceptors (Lipinski definition) is 15. The van der Waals surface area contributed by atoms with Crippen molar-refractivity contribution in [2.24, 2.45) is 11.8 Å². The third-order valence-corrected chi connectivity index (χ3v) is 13.0. The number of hydrogen-bond donors (Lipinski definition) is 2. The molecule has 4 aromatic rings. The summed E-state index contributed by atoms with van der Waals surface area (Å²) in [5.74, 6) is 2.91. The predicted octanol–water partition coefficient (Wildman–Crippen LogP) is 10.8. The molecule has 0 aliphatic heterocycles. The minimum absolute atomic E-state index is 0.0670. The first-order valence-electron chi connectivity index (χ1n) is 23.7. The molecule has 0 amide bonds. The first-order valence-corrected chi connectivity index (χ1v) is 25.1. The number of benzene rings is 1. The molecule has 0 unspecified atom stereocenters. The van der Waals surface area contributed by atoms with Crippen LogP contribution in [0, 0.1) is 18.8 Å². The lowest BCUT2D eigenvalue weighted by molar-refractivity contribution is -0.156. The van der Waals surface area contributed by atoms with Crippen LogP contribution in [0.3, 0.4) is 0 Å². The van der Waals surface area contributed by atoms with Crippen LogP contribution in [0.5, 0.6) is 0 Å². The van der Waals surface area contributed by atoms with E-state index in [1.54, 1.807) is 18.3 Å². The fraction of sp³-hybridized carbons (Fsp3) is 0.688. The molecule has 3 heterocycles. The van der Waals surface area contributed by atoms with E-state index in [2.05, 4.69) is 35.8 Å². The van der Waals surface area contributed by atoms with Gasteiger partial charge in [0.25, 0.3) is 10.1 Å². The average molecular weight is 924 g/mol. The van der Waals surface area contributed by atoms with E-state index in [0.29, 0.717) is 24.2 Å². The van der Waals surface area contributed by atoms with E-state index in [4.69, 9.17) is 22.7 Å². The average Bonchev–Trinajstić information content (AvgIpc) is 4.05. The number of esters is 2. The minimum Gasteiger partial charge on any atom is -0.460 e. The van der Waals surface area contributed by atoms with Crippen molar-refractivity contribution in [1.82, 2.24) is 30.5 Å². The molecule has 360 valence electrons. The fourth-order valence-electron chi connectivity index (χ4n) is 8.48. The number of aryl methyl sites for hydroxylation is 1. The molecular formula is C48H73N7O9S. The second kappa shape index (κ2) is 24.8. The van der Waals surface area contributed by atoms with Crippen LogP contribution in [-0.2, 0) is 46.5 Å². The first kappa shape index (κ1) is 51.3. The second-order valence-electron chi connectivity index (χ2n) is 19.8. The van der Waals surface area contributed by atoms with Crippen LogP contribution in [0.1, 0.15) is 198 Å². The lowest BCUT2D eigenvalue weighted by Gasteiger charge is -2.23. The van der Waals surface area contributed by atoms with Gasteiger partial charge < -0.3 is 23.8 Å². The minimum atomic E-state index is -3.95. The Balaban J connectivity index is 0.000000247. The Morgan fingerprint density at radius 2 is 1.23 bits per heavy atom. The lowest BCUT2D eigenvalue weighted by atomic mass is 9.84. The number of ether oxygens (including phenoxy) is 2. The van der Waals surface area contributed by atoms with Crippen molar-refractivity contribution in [3.8, 4) is 0 Å². The van der Waals surface area contributed by atoms with Gasteiger partial charge in [-0.1, -0.05) is 118 Å². The Morgan fingerprint density at radius 3 is 1.71 bits per heavy atom. The van der Waals surface area contributed by atoms with Crippen molar-refractivity contribution in [3.63, 3.8) is 0 Å². The Bertz CT molecular complexity index is 2110. The molecule has 6 rings (SSSR count). The van der Waals surface area contributed by atoms with Crippen molar-refractivity contribution < 1.29 is 40.7 Å². The summed E-state index contributed by atoms with van der Waals surface area (Å²) in [6.07, 6.45) is 21.2. The monoisotopic (exact) mass is 924 g/mol. The molecule has 0 saturated heterocycles. The molecule has 17 heteroatoms. The van der Waals surface area contributed by atoms with Crippen LogP contribution < -0.4 is 5.32 Å². The number of aromatic amines is 1. The highest BCUT2D eigenvalue weighted by atomic mass is 32.2. The van der Waals surface area contributed by atoms with Crippen LogP contribution in [0.25, 0.3) is 0 Å². The predicted molar refractivity (Wildman–Crippen MR) is 245 cm³/mol. The normalized spacial score (nSPS) is 16.3. The molecule has 2 aliphatic rings. The molecule has 2 saturated carbocycles. The summed E-state index contributed by atoms with van der Waals surface area (Å²) >= 11 is 0. The van der Waals surface area contributed by atoms with E-state index in [9.17, 15) is 18.0 Å². The topological polar surface area (TPSA) is 215 Å². The maximum Gasteiger partial charge on any atom is 0.307 e. The van der Waals surface area contributed by atoms with Gasteiger partial charge in [-0.15, -0.1) is 0 Å². The number of carbonyl (C=O) groups excluding carboxylic acids is 2. The van der Waals surface area contributed by atoms with Gasteiger partial charge in [-0.2, -0.15) is 23.5 Å². The van der Waals surface area contributed by atoms with Gasteiger partial charge in [-0.05, 0) is 91.3 Å². The highest BCUT2D eigenvalue weighted by Crippen LogP contribution is 2.33. The van der Waals surface area contributed by atoms with Gasteiger partial charge in [0.1, 0.15) is 23.6 Å². The zero-order chi connectivity index (χ0) is 46.9. The molecule has 0 bridgehead atoms. The van der Waals surface area contributed by atoms with Gasteiger partial charge in [0.15, 0.2) is 11.6 Å². The van der Waals surface area contributed by atoms with Crippen LogP contribution in [0.15, 0.2) is 50.5 Å². The number of nitrogens with zero attached hydrogens (tertiary/aromatic N) is 5. The molecule has 2 aliphatic carbocycles. The SMILES string of the molecule is CC(C)(C)OC(=O)C[C@@H](CCCC1CCCCC1)c1nc(CNc2ccn[nH]2)no1.Cc1ccc(S(=O)(=O)OCc2noc([C@H](CCCC3CCCCC3)CC(=O)OC(C)(C)C)n2)cc1. The highest BCUT2D eigenvalue weighted by molar-refractivity contribution is 7.86. The molecular weight excluding hydrogens is 851 g/mol. The molecule has 3 aromatic heterocycles. The number of nitrogens with one attached hydrogen (secondary N) is 2. The second-order valence-corrected chi connectivity index (χ2v) is 21.4. The molecule has 0 radical (unpaired) electrons. The van der Waals surface area contributed by atoms with E-state index in [1.807, 2.05) is 54.5 Å². The van der Waals surface area contributed by atoms with Gasteiger partial charge in [0.2, 0.25) is 11.8 Å². The first-order chi connectivity index (χ1) is 30.9. The largest absolute Gasteiger partial charge is 0.460 e. The summed E-state index contributed by atoms with van der Waals surface area (Å²) in [6, 6.07) is 8.23. The van der Waals surface area contributed by atoms with Crippen molar-refractivity contribution in [1.29, 1.82) is 0 Å². The summed E-state index contributed by atoms with van der Waals surface area (Å²) in [7, 11) is -3.95. The zero-order valence-electron chi connectivity index (χ0n) is 39.7. The number of carbonyl (C=O) groups is 2. The molecule has 2 fully saturated rings. The van der Waals surface area contributed by atoms with Crippen LogP contribution in [0.2, 0.25) is 0 Å². The number of anilines is 1. The van der Waals surface area contributed by atoms with E-state index in [-0.39, 0.29) is 53.9 Å². The van der Waals surface area contributed by atoms with E-state index in [1.165, 1.54) is 82.8 Å². The van der Waals surface area contributed by atoms with Gasteiger partial charge in [0.05, 0.1) is 30.5 Å². The van der Waals surface area contributed by atoms with E-state index < -0.39 is 21.3 Å². The third-order valence-electron chi connectivity index (χ3n) is 11.7.